The Labute approximate surface area is 140 Å². The summed E-state index contributed by atoms with van der Waals surface area (Å²) in [5, 5.41) is 16.1. The number of urea groups is 1. The largest absolute Gasteiger partial charge is 0.391 e. The standard InChI is InChI=1S/C18H33N3O2/c1-13(14-6-5-11-21(12-14)15-7-4-8-15)19-18(23)20-16-9-2-3-10-17(16)22/h13-17,22H,2-12H2,1H3,(H2,19,20,23). The Morgan fingerprint density at radius 1 is 1.09 bits per heavy atom. The van der Waals surface area contributed by atoms with Crippen LogP contribution in [-0.2, 0) is 0 Å². The van der Waals surface area contributed by atoms with Crippen LogP contribution in [0.5, 0.6) is 0 Å². The summed E-state index contributed by atoms with van der Waals surface area (Å²) in [5.41, 5.74) is 0. The minimum atomic E-state index is -0.381. The van der Waals surface area contributed by atoms with Crippen LogP contribution >= 0.6 is 0 Å². The number of carbonyl (C=O) groups excluding carboxylic acids is 1. The van der Waals surface area contributed by atoms with E-state index in [0.717, 1.165) is 38.3 Å². The molecule has 5 nitrogen and oxygen atoms in total. The van der Waals surface area contributed by atoms with Crippen molar-refractivity contribution >= 4 is 6.03 Å². The van der Waals surface area contributed by atoms with Gasteiger partial charge in [0.05, 0.1) is 12.1 Å². The predicted octanol–water partition coefficient (Wildman–Crippen LogP) is 2.24. The van der Waals surface area contributed by atoms with E-state index in [1.165, 1.54) is 38.6 Å². The zero-order valence-corrected chi connectivity index (χ0v) is 14.5. The molecule has 0 spiro atoms. The Balaban J connectivity index is 1.43. The fraction of sp³-hybridized carbons (Fsp3) is 0.944. The smallest absolute Gasteiger partial charge is 0.315 e. The summed E-state index contributed by atoms with van der Waals surface area (Å²) >= 11 is 0. The van der Waals surface area contributed by atoms with Crippen LogP contribution in [-0.4, -0.2) is 53.4 Å². The van der Waals surface area contributed by atoms with Crippen LogP contribution in [0.15, 0.2) is 0 Å². The number of hydrogen-bond donors (Lipinski definition) is 3. The molecular weight excluding hydrogens is 290 g/mol. The average molecular weight is 323 g/mol. The number of carbonyl (C=O) groups is 1. The molecule has 5 heteroatoms. The molecule has 1 heterocycles. The van der Waals surface area contributed by atoms with Crippen molar-refractivity contribution in [1.29, 1.82) is 0 Å². The number of aliphatic hydroxyl groups excluding tert-OH is 1. The number of nitrogens with one attached hydrogen (secondary N) is 2. The van der Waals surface area contributed by atoms with Crippen LogP contribution in [0.4, 0.5) is 4.79 Å². The lowest BCUT2D eigenvalue weighted by molar-refractivity contribution is 0.0669. The van der Waals surface area contributed by atoms with E-state index in [1.807, 2.05) is 0 Å². The van der Waals surface area contributed by atoms with E-state index in [1.54, 1.807) is 0 Å². The Morgan fingerprint density at radius 3 is 2.57 bits per heavy atom. The zero-order valence-electron chi connectivity index (χ0n) is 14.5. The normalized spacial score (nSPS) is 34.4. The molecule has 3 N–H and O–H groups in total. The lowest BCUT2D eigenvalue weighted by atomic mass is 9.85. The fourth-order valence-corrected chi connectivity index (χ4v) is 4.35. The number of amides is 2. The van der Waals surface area contributed by atoms with Gasteiger partial charge in [0.1, 0.15) is 0 Å². The minimum Gasteiger partial charge on any atom is -0.391 e. The molecule has 3 aliphatic rings. The van der Waals surface area contributed by atoms with Crippen LogP contribution in [0.25, 0.3) is 0 Å². The van der Waals surface area contributed by atoms with E-state index in [0.29, 0.717) is 5.92 Å². The Morgan fingerprint density at radius 2 is 1.87 bits per heavy atom. The highest BCUT2D eigenvalue weighted by molar-refractivity contribution is 5.74. The van der Waals surface area contributed by atoms with Crippen molar-refractivity contribution in [3.05, 3.63) is 0 Å². The van der Waals surface area contributed by atoms with Crippen LogP contribution < -0.4 is 10.6 Å². The highest BCUT2D eigenvalue weighted by atomic mass is 16.3. The first-order valence-corrected chi connectivity index (χ1v) is 9.62. The van der Waals surface area contributed by atoms with Gasteiger partial charge in [-0.3, -0.25) is 0 Å². The summed E-state index contributed by atoms with van der Waals surface area (Å²) in [6.07, 6.45) is 10.0. The maximum absolute atomic E-state index is 12.2. The number of nitrogens with zero attached hydrogens (tertiary/aromatic N) is 1. The molecule has 0 aromatic rings. The van der Waals surface area contributed by atoms with Crippen molar-refractivity contribution in [3.8, 4) is 0 Å². The maximum Gasteiger partial charge on any atom is 0.315 e. The summed E-state index contributed by atoms with van der Waals surface area (Å²) in [6, 6.07) is 0.813. The van der Waals surface area contributed by atoms with Gasteiger partial charge in [-0.15, -0.1) is 0 Å². The number of likely N-dealkylation sites (tertiary alicyclic amines) is 1. The van der Waals surface area contributed by atoms with Gasteiger partial charge in [-0.2, -0.15) is 0 Å². The molecule has 0 radical (unpaired) electrons. The number of hydrogen-bond acceptors (Lipinski definition) is 3. The second-order valence-electron chi connectivity index (χ2n) is 7.85. The van der Waals surface area contributed by atoms with Crippen molar-refractivity contribution < 1.29 is 9.90 Å². The number of piperidine rings is 1. The van der Waals surface area contributed by atoms with Gasteiger partial charge in [0.15, 0.2) is 0 Å². The Kier molecular flexibility index (Phi) is 5.81. The van der Waals surface area contributed by atoms with Gasteiger partial charge in [-0.25, -0.2) is 4.79 Å². The molecule has 4 atom stereocenters. The molecular formula is C18H33N3O2. The van der Waals surface area contributed by atoms with E-state index in [9.17, 15) is 9.90 Å². The van der Waals surface area contributed by atoms with Gasteiger partial charge in [-0.1, -0.05) is 19.3 Å². The average Bonchev–Trinajstić information content (AvgIpc) is 2.48. The third kappa shape index (κ3) is 4.38. The maximum atomic E-state index is 12.2. The van der Waals surface area contributed by atoms with Crippen LogP contribution in [0.2, 0.25) is 0 Å². The summed E-state index contributed by atoms with van der Waals surface area (Å²) in [4.78, 5) is 14.9. The highest BCUT2D eigenvalue weighted by Crippen LogP contribution is 2.30. The SMILES string of the molecule is CC(NC(=O)NC1CCCCC1O)C1CCCN(C2CCC2)C1. The molecule has 0 aromatic carbocycles. The fourth-order valence-electron chi connectivity index (χ4n) is 4.35. The van der Waals surface area contributed by atoms with Crippen LogP contribution in [0.1, 0.15) is 64.7 Å². The van der Waals surface area contributed by atoms with Crippen molar-refractivity contribution in [2.24, 2.45) is 5.92 Å². The van der Waals surface area contributed by atoms with Gasteiger partial charge >= 0.3 is 6.03 Å². The van der Waals surface area contributed by atoms with Gasteiger partial charge in [-0.05, 0) is 57.9 Å². The van der Waals surface area contributed by atoms with Crippen molar-refractivity contribution in [1.82, 2.24) is 15.5 Å². The summed E-state index contributed by atoms with van der Waals surface area (Å²) in [6.45, 7) is 4.48. The summed E-state index contributed by atoms with van der Waals surface area (Å²) < 4.78 is 0. The van der Waals surface area contributed by atoms with E-state index < -0.39 is 0 Å². The second-order valence-corrected chi connectivity index (χ2v) is 7.85. The monoisotopic (exact) mass is 323 g/mol. The van der Waals surface area contributed by atoms with E-state index >= 15 is 0 Å². The van der Waals surface area contributed by atoms with Crippen molar-refractivity contribution in [2.45, 2.75) is 88.9 Å². The van der Waals surface area contributed by atoms with Crippen LogP contribution in [0.3, 0.4) is 0 Å². The second kappa shape index (κ2) is 7.84. The molecule has 0 bridgehead atoms. The predicted molar refractivity (Wildman–Crippen MR) is 91.3 cm³/mol. The Hall–Kier alpha value is -0.810. The van der Waals surface area contributed by atoms with E-state index in [2.05, 4.69) is 22.5 Å². The lowest BCUT2D eigenvalue weighted by Crippen LogP contribution is -2.54. The first kappa shape index (κ1) is 17.0. The molecule has 1 aliphatic heterocycles. The minimum absolute atomic E-state index is 0.0752. The van der Waals surface area contributed by atoms with Crippen molar-refractivity contribution in [2.75, 3.05) is 13.1 Å². The van der Waals surface area contributed by atoms with Crippen LogP contribution in [0, 0.1) is 5.92 Å². The molecule has 2 aliphatic carbocycles. The first-order valence-electron chi connectivity index (χ1n) is 9.62. The van der Waals surface area contributed by atoms with Gasteiger partial charge in [0.2, 0.25) is 0 Å². The molecule has 4 unspecified atom stereocenters. The molecule has 2 saturated carbocycles. The molecule has 3 rings (SSSR count). The van der Waals surface area contributed by atoms with Gasteiger partial charge < -0.3 is 20.6 Å². The lowest BCUT2D eigenvalue weighted by Gasteiger charge is -2.44. The number of aliphatic hydroxyl groups is 1. The third-order valence-corrected chi connectivity index (χ3v) is 6.19. The molecule has 23 heavy (non-hydrogen) atoms. The zero-order chi connectivity index (χ0) is 16.2. The summed E-state index contributed by atoms with van der Waals surface area (Å²) in [5.74, 6) is 0.548. The third-order valence-electron chi connectivity index (χ3n) is 6.19. The Bertz CT molecular complexity index is 400. The van der Waals surface area contributed by atoms with E-state index in [4.69, 9.17) is 0 Å². The van der Waals surface area contributed by atoms with Gasteiger partial charge in [0, 0.05) is 18.6 Å². The quantitative estimate of drug-likeness (QED) is 0.743. The van der Waals surface area contributed by atoms with E-state index in [-0.39, 0.29) is 24.2 Å². The van der Waals surface area contributed by atoms with Crippen molar-refractivity contribution in [3.63, 3.8) is 0 Å². The summed E-state index contributed by atoms with van der Waals surface area (Å²) in [7, 11) is 0. The van der Waals surface area contributed by atoms with Gasteiger partial charge in [0.25, 0.3) is 0 Å². The molecule has 2 amide bonds. The highest BCUT2D eigenvalue weighted by Gasteiger charge is 2.32. The topological polar surface area (TPSA) is 64.6 Å². The molecule has 1 saturated heterocycles. The molecule has 0 aromatic heterocycles. The molecule has 3 fully saturated rings. The number of rotatable bonds is 4. The first-order chi connectivity index (χ1) is 11.1. The molecule has 132 valence electrons.